The lowest BCUT2D eigenvalue weighted by Gasteiger charge is -2.28. The Bertz CT molecular complexity index is 320. The van der Waals surface area contributed by atoms with E-state index < -0.39 is 12.0 Å². The first-order chi connectivity index (χ1) is 9.54. The van der Waals surface area contributed by atoms with Crippen molar-refractivity contribution in [3.8, 4) is 0 Å². The molecule has 1 saturated carbocycles. The maximum atomic E-state index is 11.8. The summed E-state index contributed by atoms with van der Waals surface area (Å²) in [6.07, 6.45) is 7.99. The third-order valence-electron chi connectivity index (χ3n) is 3.91. The summed E-state index contributed by atoms with van der Waals surface area (Å²) < 4.78 is 0. The van der Waals surface area contributed by atoms with Crippen LogP contribution in [0.5, 0.6) is 0 Å². The molecule has 2 unspecified atom stereocenters. The molecule has 2 amide bonds. The Labute approximate surface area is 125 Å². The smallest absolute Gasteiger partial charge is 0.326 e. The first-order valence-electron chi connectivity index (χ1n) is 7.34. The minimum atomic E-state index is -0.926. The van der Waals surface area contributed by atoms with E-state index in [-0.39, 0.29) is 11.9 Å². The highest BCUT2D eigenvalue weighted by Gasteiger charge is 2.30. The van der Waals surface area contributed by atoms with Crippen molar-refractivity contribution in [3.63, 3.8) is 0 Å². The summed E-state index contributed by atoms with van der Waals surface area (Å²) in [6.45, 7) is 2.68. The zero-order chi connectivity index (χ0) is 15.0. The normalized spacial score (nSPS) is 19.1. The average molecular weight is 302 g/mol. The number of hydrogen-bond acceptors (Lipinski definition) is 3. The molecular weight excluding hydrogens is 276 g/mol. The zero-order valence-corrected chi connectivity index (χ0v) is 13.2. The van der Waals surface area contributed by atoms with Gasteiger partial charge in [-0.3, -0.25) is 0 Å². The van der Waals surface area contributed by atoms with E-state index in [1.165, 1.54) is 6.42 Å². The summed E-state index contributed by atoms with van der Waals surface area (Å²) in [7, 11) is 0. The second-order valence-corrected chi connectivity index (χ2v) is 6.73. The highest BCUT2D eigenvalue weighted by atomic mass is 32.2. The Kier molecular flexibility index (Phi) is 7.80. The van der Waals surface area contributed by atoms with Crippen molar-refractivity contribution in [2.45, 2.75) is 56.7 Å². The van der Waals surface area contributed by atoms with Gasteiger partial charge in [0, 0.05) is 11.8 Å². The molecule has 20 heavy (non-hydrogen) atoms. The molecule has 3 N–H and O–H groups in total. The van der Waals surface area contributed by atoms with Gasteiger partial charge in [0.15, 0.2) is 0 Å². The quantitative estimate of drug-likeness (QED) is 0.675. The molecule has 0 aromatic rings. The van der Waals surface area contributed by atoms with E-state index in [0.717, 1.165) is 32.1 Å². The summed E-state index contributed by atoms with van der Waals surface area (Å²) in [5.74, 6) is -0.860. The first kappa shape index (κ1) is 17.1. The van der Waals surface area contributed by atoms with Gasteiger partial charge in [-0.1, -0.05) is 26.2 Å². The summed E-state index contributed by atoms with van der Waals surface area (Å²) in [5, 5.41) is 15.1. The molecule has 1 rings (SSSR count). The third kappa shape index (κ3) is 6.03. The first-order valence-corrected chi connectivity index (χ1v) is 8.63. The van der Waals surface area contributed by atoms with Gasteiger partial charge in [0.25, 0.3) is 0 Å². The summed E-state index contributed by atoms with van der Waals surface area (Å²) in [6, 6.07) is -1.12. The number of nitrogens with one attached hydrogen (secondary N) is 2. The number of aliphatic carboxylic acids is 1. The lowest BCUT2D eigenvalue weighted by molar-refractivity contribution is -0.141. The number of carbonyl (C=O) groups excluding carboxylic acids is 1. The molecule has 1 aliphatic carbocycles. The molecule has 2 atom stereocenters. The largest absolute Gasteiger partial charge is 0.480 e. The van der Waals surface area contributed by atoms with Crippen molar-refractivity contribution >= 4 is 23.8 Å². The standard InChI is InChI=1S/C14H26N2O3S/c1-10(20-2)8-9-15-14(19)16-12(13(17)18)11-6-4-3-5-7-11/h10-12H,3-9H2,1-2H3,(H,17,18)(H2,15,16,19). The fourth-order valence-corrected chi connectivity index (χ4v) is 2.90. The minimum absolute atomic E-state index is 0.0668. The summed E-state index contributed by atoms with van der Waals surface area (Å²) >= 11 is 1.75. The van der Waals surface area contributed by atoms with E-state index in [1.807, 2.05) is 6.26 Å². The molecule has 0 radical (unpaired) electrons. The van der Waals surface area contributed by atoms with Crippen molar-refractivity contribution in [1.29, 1.82) is 0 Å². The molecule has 0 aliphatic heterocycles. The van der Waals surface area contributed by atoms with Crippen molar-refractivity contribution < 1.29 is 14.7 Å². The van der Waals surface area contributed by atoms with Crippen molar-refractivity contribution in [2.24, 2.45) is 5.92 Å². The van der Waals surface area contributed by atoms with E-state index in [9.17, 15) is 14.7 Å². The van der Waals surface area contributed by atoms with Gasteiger partial charge in [0.1, 0.15) is 6.04 Å². The van der Waals surface area contributed by atoms with E-state index in [0.29, 0.717) is 11.8 Å². The molecule has 0 spiro atoms. The van der Waals surface area contributed by atoms with Crippen LogP contribution in [0.1, 0.15) is 45.4 Å². The van der Waals surface area contributed by atoms with Gasteiger partial charge in [-0.15, -0.1) is 0 Å². The van der Waals surface area contributed by atoms with Gasteiger partial charge < -0.3 is 15.7 Å². The maximum Gasteiger partial charge on any atom is 0.326 e. The third-order valence-corrected chi connectivity index (χ3v) is 4.95. The van der Waals surface area contributed by atoms with Crippen LogP contribution in [0.25, 0.3) is 0 Å². The molecule has 5 nitrogen and oxygen atoms in total. The topological polar surface area (TPSA) is 78.4 Å². The highest BCUT2D eigenvalue weighted by Crippen LogP contribution is 2.26. The van der Waals surface area contributed by atoms with E-state index >= 15 is 0 Å². The second-order valence-electron chi connectivity index (χ2n) is 5.45. The number of carbonyl (C=O) groups is 2. The van der Waals surface area contributed by atoms with Crippen LogP contribution < -0.4 is 10.6 Å². The van der Waals surface area contributed by atoms with Gasteiger partial charge in [-0.05, 0) is 31.4 Å². The van der Waals surface area contributed by atoms with E-state index in [4.69, 9.17) is 0 Å². The number of rotatable bonds is 7. The molecule has 0 aromatic carbocycles. The van der Waals surface area contributed by atoms with Crippen LogP contribution >= 0.6 is 11.8 Å². The summed E-state index contributed by atoms with van der Waals surface area (Å²) in [4.78, 5) is 23.1. The maximum absolute atomic E-state index is 11.8. The fraction of sp³-hybridized carbons (Fsp3) is 0.857. The predicted octanol–water partition coefficient (Wildman–Crippen LogP) is 2.46. The van der Waals surface area contributed by atoms with Crippen LogP contribution in [0.4, 0.5) is 4.79 Å². The monoisotopic (exact) mass is 302 g/mol. The summed E-state index contributed by atoms with van der Waals surface area (Å²) in [5.41, 5.74) is 0. The molecular formula is C14H26N2O3S. The number of thioether (sulfide) groups is 1. The predicted molar refractivity (Wildman–Crippen MR) is 82.1 cm³/mol. The van der Waals surface area contributed by atoms with Crippen molar-refractivity contribution in [2.75, 3.05) is 12.8 Å². The molecule has 6 heteroatoms. The number of urea groups is 1. The van der Waals surface area contributed by atoms with Crippen LogP contribution in [0.15, 0.2) is 0 Å². The molecule has 0 aromatic heterocycles. The fourth-order valence-electron chi connectivity index (χ4n) is 2.55. The van der Waals surface area contributed by atoms with Crippen molar-refractivity contribution in [3.05, 3.63) is 0 Å². The Morgan fingerprint density at radius 1 is 1.30 bits per heavy atom. The van der Waals surface area contributed by atoms with Gasteiger partial charge in [0.2, 0.25) is 0 Å². The average Bonchev–Trinajstić information content (AvgIpc) is 2.45. The Balaban J connectivity index is 2.37. The number of hydrogen-bond donors (Lipinski definition) is 3. The van der Waals surface area contributed by atoms with Crippen LogP contribution in [-0.4, -0.2) is 41.2 Å². The Hall–Kier alpha value is -0.910. The highest BCUT2D eigenvalue weighted by molar-refractivity contribution is 7.99. The lowest BCUT2D eigenvalue weighted by atomic mass is 9.84. The van der Waals surface area contributed by atoms with E-state index in [2.05, 4.69) is 17.6 Å². The van der Waals surface area contributed by atoms with Gasteiger partial charge >= 0.3 is 12.0 Å². The number of amides is 2. The van der Waals surface area contributed by atoms with Crippen molar-refractivity contribution in [1.82, 2.24) is 10.6 Å². The van der Waals surface area contributed by atoms with Crippen LogP contribution in [0.2, 0.25) is 0 Å². The molecule has 0 heterocycles. The van der Waals surface area contributed by atoms with Gasteiger partial charge in [-0.25, -0.2) is 9.59 Å². The molecule has 0 bridgehead atoms. The second kappa shape index (κ2) is 9.10. The van der Waals surface area contributed by atoms with Crippen LogP contribution in [0.3, 0.4) is 0 Å². The molecule has 1 fully saturated rings. The number of carboxylic acids is 1. The SMILES string of the molecule is CSC(C)CCNC(=O)NC(C(=O)O)C1CCCCC1. The lowest BCUT2D eigenvalue weighted by Crippen LogP contribution is -2.50. The Morgan fingerprint density at radius 3 is 2.50 bits per heavy atom. The van der Waals surface area contributed by atoms with Crippen LogP contribution in [0, 0.1) is 5.92 Å². The minimum Gasteiger partial charge on any atom is -0.480 e. The number of carboxylic acid groups (broad SMARTS) is 1. The van der Waals surface area contributed by atoms with E-state index in [1.54, 1.807) is 11.8 Å². The van der Waals surface area contributed by atoms with Gasteiger partial charge in [-0.2, -0.15) is 11.8 Å². The molecule has 1 aliphatic rings. The molecule has 0 saturated heterocycles. The van der Waals surface area contributed by atoms with Gasteiger partial charge in [0.05, 0.1) is 0 Å². The Morgan fingerprint density at radius 2 is 1.95 bits per heavy atom. The van der Waals surface area contributed by atoms with Crippen LogP contribution in [-0.2, 0) is 4.79 Å². The zero-order valence-electron chi connectivity index (χ0n) is 12.4. The molecule has 116 valence electrons.